The fourth-order valence-corrected chi connectivity index (χ4v) is 2.30. The molecule has 3 aromatic carbocycles. The van der Waals surface area contributed by atoms with Crippen molar-refractivity contribution in [1.29, 1.82) is 0 Å². The first-order valence-corrected chi connectivity index (χ1v) is 7.67. The Kier molecular flexibility index (Phi) is 5.18. The molecule has 0 spiro atoms. The van der Waals surface area contributed by atoms with Gasteiger partial charge in [0.05, 0.1) is 0 Å². The zero-order chi connectivity index (χ0) is 16.8. The highest BCUT2D eigenvalue weighted by Gasteiger charge is 2.02. The van der Waals surface area contributed by atoms with E-state index in [9.17, 15) is 8.78 Å². The zero-order valence-electron chi connectivity index (χ0n) is 13.0. The molecule has 3 aromatic rings. The molecule has 0 heterocycles. The summed E-state index contributed by atoms with van der Waals surface area (Å²) in [4.78, 5) is 0. The molecule has 0 radical (unpaired) electrons. The van der Waals surface area contributed by atoms with Crippen molar-refractivity contribution in [2.75, 3.05) is 0 Å². The minimum atomic E-state index is -0.826. The number of hydrogen-bond acceptors (Lipinski definition) is 2. The van der Waals surface area contributed by atoms with Crippen LogP contribution in [0.25, 0.3) is 0 Å². The van der Waals surface area contributed by atoms with Crippen LogP contribution < -0.4 is 10.1 Å². The number of ether oxygens (including phenoxy) is 1. The molecule has 0 amide bonds. The Morgan fingerprint density at radius 3 is 2.00 bits per heavy atom. The Bertz CT molecular complexity index is 788. The van der Waals surface area contributed by atoms with Crippen LogP contribution in [0.1, 0.15) is 11.1 Å². The summed E-state index contributed by atoms with van der Waals surface area (Å²) in [5, 5.41) is 3.20. The average Bonchev–Trinajstić information content (AvgIpc) is 2.60. The molecule has 0 aromatic heterocycles. The molecule has 2 nitrogen and oxygen atoms in total. The lowest BCUT2D eigenvalue weighted by atomic mass is 10.2. The van der Waals surface area contributed by atoms with Gasteiger partial charge >= 0.3 is 0 Å². The Labute approximate surface area is 139 Å². The second-order valence-electron chi connectivity index (χ2n) is 5.41. The van der Waals surface area contributed by atoms with Gasteiger partial charge in [0.25, 0.3) is 0 Å². The normalized spacial score (nSPS) is 10.6. The van der Waals surface area contributed by atoms with E-state index in [1.54, 1.807) is 6.07 Å². The first kappa shape index (κ1) is 16.1. The molecular formula is C20H17F2NO. The van der Waals surface area contributed by atoms with Crippen molar-refractivity contribution >= 4 is 0 Å². The molecule has 4 heteroatoms. The molecule has 0 aliphatic carbocycles. The number of rotatable bonds is 6. The lowest BCUT2D eigenvalue weighted by Crippen LogP contribution is -2.12. The predicted octanol–water partition coefficient (Wildman–Crippen LogP) is 5.05. The van der Waals surface area contributed by atoms with Gasteiger partial charge in [0.15, 0.2) is 11.6 Å². The fraction of sp³-hybridized carbons (Fsp3) is 0.100. The van der Waals surface area contributed by atoms with E-state index in [0.717, 1.165) is 23.1 Å². The van der Waals surface area contributed by atoms with Crippen LogP contribution in [0.4, 0.5) is 8.78 Å². The van der Waals surface area contributed by atoms with Crippen molar-refractivity contribution < 1.29 is 13.5 Å². The maximum Gasteiger partial charge on any atom is 0.159 e. The van der Waals surface area contributed by atoms with Crippen molar-refractivity contribution in [2.24, 2.45) is 0 Å². The molecule has 0 saturated heterocycles. The van der Waals surface area contributed by atoms with E-state index in [-0.39, 0.29) is 0 Å². The molecule has 0 aliphatic heterocycles. The highest BCUT2D eigenvalue weighted by Crippen LogP contribution is 2.21. The van der Waals surface area contributed by atoms with E-state index in [4.69, 9.17) is 4.74 Å². The Morgan fingerprint density at radius 1 is 0.667 bits per heavy atom. The van der Waals surface area contributed by atoms with Crippen molar-refractivity contribution in [2.45, 2.75) is 13.1 Å². The summed E-state index contributed by atoms with van der Waals surface area (Å²) in [5.74, 6) is -0.0864. The van der Waals surface area contributed by atoms with Gasteiger partial charge in [-0.05, 0) is 47.5 Å². The molecule has 0 unspecified atom stereocenters. The average molecular weight is 325 g/mol. The number of nitrogens with one attached hydrogen (secondary N) is 1. The minimum Gasteiger partial charge on any atom is -0.457 e. The van der Waals surface area contributed by atoms with Crippen LogP contribution in [0.5, 0.6) is 11.5 Å². The number of halogens is 2. The Hall–Kier alpha value is -2.72. The van der Waals surface area contributed by atoms with Crippen LogP contribution in [0.3, 0.4) is 0 Å². The predicted molar refractivity (Wildman–Crippen MR) is 89.9 cm³/mol. The lowest BCUT2D eigenvalue weighted by Gasteiger charge is -2.08. The van der Waals surface area contributed by atoms with Gasteiger partial charge in [0, 0.05) is 13.1 Å². The summed E-state index contributed by atoms with van der Waals surface area (Å²) in [6.45, 7) is 1.10. The molecule has 3 rings (SSSR count). The Balaban J connectivity index is 1.51. The van der Waals surface area contributed by atoms with E-state index in [1.807, 2.05) is 54.6 Å². The SMILES string of the molecule is Fc1ccc(CNCc2ccc(Oc3ccccc3)cc2)cc1F. The summed E-state index contributed by atoms with van der Waals surface area (Å²) in [6, 6.07) is 21.3. The topological polar surface area (TPSA) is 21.3 Å². The number of para-hydroxylation sites is 1. The molecule has 0 bridgehead atoms. The van der Waals surface area contributed by atoms with Crippen LogP contribution in [0, 0.1) is 11.6 Å². The van der Waals surface area contributed by atoms with E-state index in [2.05, 4.69) is 5.32 Å². The summed E-state index contributed by atoms with van der Waals surface area (Å²) >= 11 is 0. The molecule has 0 saturated carbocycles. The molecule has 24 heavy (non-hydrogen) atoms. The summed E-state index contributed by atoms with van der Waals surface area (Å²) in [6.07, 6.45) is 0. The van der Waals surface area contributed by atoms with E-state index >= 15 is 0 Å². The summed E-state index contributed by atoms with van der Waals surface area (Å²) < 4.78 is 31.7. The van der Waals surface area contributed by atoms with Crippen LogP contribution in [-0.2, 0) is 13.1 Å². The molecular weight excluding hydrogens is 308 g/mol. The third-order valence-electron chi connectivity index (χ3n) is 3.54. The summed E-state index contributed by atoms with van der Waals surface area (Å²) in [7, 11) is 0. The maximum atomic E-state index is 13.1. The Morgan fingerprint density at radius 2 is 1.29 bits per heavy atom. The summed E-state index contributed by atoms with van der Waals surface area (Å²) in [5.41, 5.74) is 1.79. The zero-order valence-corrected chi connectivity index (χ0v) is 13.0. The van der Waals surface area contributed by atoms with Crippen molar-refractivity contribution in [1.82, 2.24) is 5.32 Å². The van der Waals surface area contributed by atoms with Crippen molar-refractivity contribution in [3.63, 3.8) is 0 Å². The van der Waals surface area contributed by atoms with Gasteiger partial charge in [-0.15, -0.1) is 0 Å². The second-order valence-corrected chi connectivity index (χ2v) is 5.41. The van der Waals surface area contributed by atoms with Gasteiger partial charge in [0.1, 0.15) is 11.5 Å². The van der Waals surface area contributed by atoms with Crippen molar-refractivity contribution in [3.8, 4) is 11.5 Å². The minimum absolute atomic E-state index is 0.472. The van der Waals surface area contributed by atoms with Gasteiger partial charge < -0.3 is 10.1 Å². The smallest absolute Gasteiger partial charge is 0.159 e. The maximum absolute atomic E-state index is 13.1. The van der Waals surface area contributed by atoms with Crippen LogP contribution in [-0.4, -0.2) is 0 Å². The van der Waals surface area contributed by atoms with Gasteiger partial charge in [-0.2, -0.15) is 0 Å². The third kappa shape index (κ3) is 4.40. The highest BCUT2D eigenvalue weighted by molar-refractivity contribution is 5.33. The monoisotopic (exact) mass is 325 g/mol. The quantitative estimate of drug-likeness (QED) is 0.685. The second kappa shape index (κ2) is 7.70. The number of hydrogen-bond donors (Lipinski definition) is 1. The fourth-order valence-electron chi connectivity index (χ4n) is 2.30. The van der Waals surface area contributed by atoms with Gasteiger partial charge in [-0.3, -0.25) is 0 Å². The lowest BCUT2D eigenvalue weighted by molar-refractivity contribution is 0.482. The standard InChI is InChI=1S/C20H17F2NO/c21-19-11-8-16(12-20(19)22)14-23-13-15-6-9-18(10-7-15)24-17-4-2-1-3-5-17/h1-12,23H,13-14H2. The van der Waals surface area contributed by atoms with Crippen LogP contribution in [0.2, 0.25) is 0 Å². The third-order valence-corrected chi connectivity index (χ3v) is 3.54. The van der Waals surface area contributed by atoms with E-state index < -0.39 is 11.6 Å². The first-order chi connectivity index (χ1) is 11.7. The molecule has 1 N–H and O–H groups in total. The first-order valence-electron chi connectivity index (χ1n) is 7.67. The largest absolute Gasteiger partial charge is 0.457 e. The van der Waals surface area contributed by atoms with Crippen molar-refractivity contribution in [3.05, 3.63) is 95.6 Å². The molecule has 0 atom stereocenters. The van der Waals surface area contributed by atoms with Gasteiger partial charge in [-0.1, -0.05) is 36.4 Å². The van der Waals surface area contributed by atoms with Gasteiger partial charge in [-0.25, -0.2) is 8.78 Å². The number of benzene rings is 3. The van der Waals surface area contributed by atoms with Crippen LogP contribution >= 0.6 is 0 Å². The van der Waals surface area contributed by atoms with E-state index in [1.165, 1.54) is 6.07 Å². The van der Waals surface area contributed by atoms with Crippen LogP contribution in [0.15, 0.2) is 72.8 Å². The molecule has 122 valence electrons. The highest BCUT2D eigenvalue weighted by atomic mass is 19.2. The molecule has 0 fully saturated rings. The van der Waals surface area contributed by atoms with Gasteiger partial charge in [0.2, 0.25) is 0 Å². The molecule has 0 aliphatic rings. The van der Waals surface area contributed by atoms with E-state index in [0.29, 0.717) is 18.7 Å².